The molecule has 1 fully saturated rings. The zero-order valence-electron chi connectivity index (χ0n) is 17.0. The number of carbonyl (C=O) groups excluding carboxylic acids is 1. The Hall–Kier alpha value is -2.64. The quantitative estimate of drug-likeness (QED) is 0.526. The molecule has 156 valence electrons. The Bertz CT molecular complexity index is 1020. The van der Waals surface area contributed by atoms with Crippen LogP contribution in [-0.4, -0.2) is 39.1 Å². The molecular formula is C23H25N2O4S+. The van der Waals surface area contributed by atoms with Gasteiger partial charge >= 0.3 is 5.97 Å². The van der Waals surface area contributed by atoms with Crippen molar-refractivity contribution in [1.82, 2.24) is 4.90 Å². The largest absolute Gasteiger partial charge is 0.477 e. The molecule has 0 bridgehead atoms. The number of β-lactam (4-membered cyclic amide) rings is 1. The monoisotopic (exact) mass is 425 g/mol. The van der Waals surface area contributed by atoms with Crippen LogP contribution in [0.1, 0.15) is 30.2 Å². The van der Waals surface area contributed by atoms with E-state index >= 15 is 0 Å². The third-order valence-electron chi connectivity index (χ3n) is 5.91. The van der Waals surface area contributed by atoms with Gasteiger partial charge in [-0.3, -0.25) is 4.79 Å². The molecular weight excluding hydrogens is 400 g/mol. The van der Waals surface area contributed by atoms with E-state index in [4.69, 9.17) is 0 Å². The van der Waals surface area contributed by atoms with Crippen LogP contribution < -0.4 is 4.57 Å². The number of hydrogen-bond acceptors (Lipinski definition) is 4. The first-order chi connectivity index (χ1) is 14.4. The molecule has 3 atom stereocenters. The zero-order chi connectivity index (χ0) is 21.4. The number of aromatic nitrogens is 1. The molecule has 7 heteroatoms. The number of nitrogens with zero attached hydrogens (tertiary/aromatic N) is 2. The number of aliphatic carboxylic acids is 1. The first kappa shape index (κ1) is 20.6. The number of aryl methyl sites for hydroxylation is 1. The molecule has 0 saturated carbocycles. The normalized spacial score (nSPS) is 21.4. The van der Waals surface area contributed by atoms with Crippen LogP contribution in [0, 0.1) is 5.92 Å². The Balaban J connectivity index is 1.46. The topological polar surface area (TPSA) is 81.7 Å². The molecule has 6 nitrogen and oxygen atoms in total. The van der Waals surface area contributed by atoms with Gasteiger partial charge in [-0.15, -0.1) is 11.8 Å². The van der Waals surface area contributed by atoms with Crippen molar-refractivity contribution in [2.24, 2.45) is 13.0 Å². The van der Waals surface area contributed by atoms with Gasteiger partial charge in [0, 0.05) is 17.9 Å². The molecule has 4 rings (SSSR count). The van der Waals surface area contributed by atoms with E-state index in [1.807, 2.05) is 61.4 Å². The van der Waals surface area contributed by atoms with Gasteiger partial charge in [0.1, 0.15) is 12.7 Å². The second kappa shape index (κ2) is 8.24. The minimum Gasteiger partial charge on any atom is -0.477 e. The number of hydrogen-bond donors (Lipinski definition) is 2. The maximum Gasteiger partial charge on any atom is 0.352 e. The molecule has 30 heavy (non-hydrogen) atoms. The molecule has 0 radical (unpaired) electrons. The second-order valence-electron chi connectivity index (χ2n) is 7.87. The summed E-state index contributed by atoms with van der Waals surface area (Å²) in [6, 6.07) is 13.8. The molecule has 2 aromatic rings. The lowest BCUT2D eigenvalue weighted by Crippen LogP contribution is -2.61. The average Bonchev–Trinajstić information content (AvgIpc) is 3.05. The number of carbonyl (C=O) groups is 2. The molecule has 1 aromatic heterocycles. The summed E-state index contributed by atoms with van der Waals surface area (Å²) in [5, 5.41) is 19.6. The van der Waals surface area contributed by atoms with E-state index in [-0.39, 0.29) is 17.6 Å². The lowest BCUT2D eigenvalue weighted by Gasteiger charge is -2.44. The number of pyridine rings is 1. The number of thioether (sulfide) groups is 1. The highest BCUT2D eigenvalue weighted by atomic mass is 32.2. The summed E-state index contributed by atoms with van der Waals surface area (Å²) in [7, 11) is 2.04. The van der Waals surface area contributed by atoms with Crippen molar-refractivity contribution in [1.29, 1.82) is 0 Å². The van der Waals surface area contributed by atoms with E-state index in [2.05, 4.69) is 10.6 Å². The van der Waals surface area contributed by atoms with Crippen LogP contribution in [0.15, 0.2) is 54.4 Å². The van der Waals surface area contributed by atoms with E-state index in [1.54, 1.807) is 6.92 Å². The molecule has 0 aliphatic carbocycles. The summed E-state index contributed by atoms with van der Waals surface area (Å²) >= 11 is 1.82. The molecule has 2 aliphatic heterocycles. The molecule has 1 aromatic carbocycles. The van der Waals surface area contributed by atoms with Crippen LogP contribution in [-0.2, 0) is 28.1 Å². The molecule has 2 aliphatic rings. The van der Waals surface area contributed by atoms with E-state index in [0.717, 1.165) is 17.1 Å². The Kier molecular flexibility index (Phi) is 5.66. The number of carboxylic acids is 1. The minimum atomic E-state index is -1.10. The van der Waals surface area contributed by atoms with Crippen LogP contribution >= 0.6 is 11.8 Å². The highest BCUT2D eigenvalue weighted by molar-refractivity contribution is 7.97. The van der Waals surface area contributed by atoms with E-state index < -0.39 is 18.0 Å². The van der Waals surface area contributed by atoms with Crippen LogP contribution in [0.4, 0.5) is 0 Å². The van der Waals surface area contributed by atoms with Gasteiger partial charge in [-0.2, -0.15) is 0 Å². The van der Waals surface area contributed by atoms with E-state index in [1.165, 1.54) is 16.2 Å². The molecule has 3 heterocycles. The number of amides is 1. The van der Waals surface area contributed by atoms with Crippen LogP contribution in [0.25, 0.3) is 5.57 Å². The Labute approximate surface area is 179 Å². The van der Waals surface area contributed by atoms with Gasteiger partial charge in [0.25, 0.3) is 0 Å². The SMILES string of the molecule is C[C@@H](O)[C@H]1C(=O)N2C(C(=O)O)=C(c3ccc(CSCc4cccc[n+]4C)cc3)C[C@H]12. The summed E-state index contributed by atoms with van der Waals surface area (Å²) in [6.45, 7) is 1.58. The number of rotatable bonds is 7. The van der Waals surface area contributed by atoms with Gasteiger partial charge in [-0.05, 0) is 30.0 Å². The van der Waals surface area contributed by atoms with Crippen molar-refractivity contribution in [3.63, 3.8) is 0 Å². The van der Waals surface area contributed by atoms with E-state index in [9.17, 15) is 19.8 Å². The van der Waals surface area contributed by atoms with Crippen molar-refractivity contribution in [3.05, 3.63) is 71.2 Å². The fourth-order valence-electron chi connectivity index (χ4n) is 4.31. The number of aliphatic hydroxyl groups is 1. The number of benzene rings is 1. The maximum absolute atomic E-state index is 12.4. The van der Waals surface area contributed by atoms with Crippen LogP contribution in [0.3, 0.4) is 0 Å². The molecule has 2 N–H and O–H groups in total. The van der Waals surface area contributed by atoms with Gasteiger partial charge in [0.15, 0.2) is 11.9 Å². The van der Waals surface area contributed by atoms with Crippen molar-refractivity contribution in [3.8, 4) is 0 Å². The summed E-state index contributed by atoms with van der Waals surface area (Å²) in [6.07, 6.45) is 1.72. The summed E-state index contributed by atoms with van der Waals surface area (Å²) < 4.78 is 2.11. The van der Waals surface area contributed by atoms with Crippen molar-refractivity contribution >= 4 is 29.2 Å². The van der Waals surface area contributed by atoms with Gasteiger partial charge in [0.2, 0.25) is 5.91 Å². The lowest BCUT2D eigenvalue weighted by molar-refractivity contribution is -0.678. The minimum absolute atomic E-state index is 0.0561. The van der Waals surface area contributed by atoms with Gasteiger partial charge in [-0.1, -0.05) is 30.3 Å². The fourth-order valence-corrected chi connectivity index (χ4v) is 5.35. The molecule has 0 spiro atoms. The predicted molar refractivity (Wildman–Crippen MR) is 114 cm³/mol. The van der Waals surface area contributed by atoms with Crippen LogP contribution in [0.2, 0.25) is 0 Å². The number of aliphatic hydroxyl groups excluding tert-OH is 1. The Morgan fingerprint density at radius 1 is 1.23 bits per heavy atom. The average molecular weight is 426 g/mol. The van der Waals surface area contributed by atoms with Gasteiger partial charge < -0.3 is 15.1 Å². The summed E-state index contributed by atoms with van der Waals surface area (Å²) in [5.74, 6) is -0.152. The lowest BCUT2D eigenvalue weighted by atomic mass is 9.82. The number of fused-ring (bicyclic) bond motifs is 1. The Morgan fingerprint density at radius 2 is 1.97 bits per heavy atom. The van der Waals surface area contributed by atoms with Gasteiger partial charge in [0.05, 0.1) is 23.8 Å². The highest BCUT2D eigenvalue weighted by Crippen LogP contribution is 2.46. The fraction of sp³-hybridized carbons (Fsp3) is 0.348. The molecule has 1 saturated heterocycles. The second-order valence-corrected chi connectivity index (χ2v) is 8.86. The molecule has 1 amide bonds. The smallest absolute Gasteiger partial charge is 0.352 e. The third kappa shape index (κ3) is 3.63. The zero-order valence-corrected chi connectivity index (χ0v) is 17.8. The first-order valence-electron chi connectivity index (χ1n) is 9.96. The van der Waals surface area contributed by atoms with Crippen molar-refractivity contribution < 1.29 is 24.4 Å². The predicted octanol–water partition coefficient (Wildman–Crippen LogP) is 2.35. The Morgan fingerprint density at radius 3 is 2.60 bits per heavy atom. The third-order valence-corrected chi connectivity index (χ3v) is 6.95. The maximum atomic E-state index is 12.4. The highest BCUT2D eigenvalue weighted by Gasteiger charge is 2.56. The van der Waals surface area contributed by atoms with Crippen molar-refractivity contribution in [2.45, 2.75) is 37.0 Å². The first-order valence-corrected chi connectivity index (χ1v) is 11.1. The summed E-state index contributed by atoms with van der Waals surface area (Å²) in [5.41, 5.74) is 3.96. The van der Waals surface area contributed by atoms with Crippen LogP contribution in [0.5, 0.6) is 0 Å². The number of carboxylic acid groups (broad SMARTS) is 1. The van der Waals surface area contributed by atoms with Crippen molar-refractivity contribution in [2.75, 3.05) is 0 Å². The van der Waals surface area contributed by atoms with Gasteiger partial charge in [-0.25, -0.2) is 9.36 Å². The standard InChI is InChI=1S/C23H24N2O4S/c1-14(26)20-19-11-18(21(23(28)29)25(19)22(20)27)16-8-6-15(7-9-16)12-30-13-17-5-3-4-10-24(17)2/h3-10,14,19-20,26H,11-13H2,1-2H3/p+1/t14-,19-,20-/m1/s1. The molecule has 0 unspecified atom stereocenters. The summed E-state index contributed by atoms with van der Waals surface area (Å²) in [4.78, 5) is 25.5. The van der Waals surface area contributed by atoms with E-state index in [0.29, 0.717) is 12.0 Å².